The maximum atomic E-state index is 13.3. The molecular weight excluding hydrogens is 321 g/mol. The zero-order valence-corrected chi connectivity index (χ0v) is 13.0. The Labute approximate surface area is 126 Å². The molecule has 0 bridgehead atoms. The monoisotopic (exact) mass is 337 g/mol. The van der Waals surface area contributed by atoms with E-state index in [1.807, 2.05) is 38.1 Å². The average Bonchev–Trinajstić information content (AvgIpc) is 2.42. The van der Waals surface area contributed by atoms with Gasteiger partial charge in [-0.3, -0.25) is 0 Å². The first-order chi connectivity index (χ1) is 9.47. The summed E-state index contributed by atoms with van der Waals surface area (Å²) in [6, 6.07) is 12.0. The summed E-state index contributed by atoms with van der Waals surface area (Å²) < 4.78 is 14.3. The summed E-state index contributed by atoms with van der Waals surface area (Å²) in [5, 5.41) is 13.2. The second-order valence-corrected chi connectivity index (χ2v) is 5.78. The van der Waals surface area contributed by atoms with Gasteiger partial charge in [-0.1, -0.05) is 28.1 Å². The van der Waals surface area contributed by atoms with Crippen molar-refractivity contribution in [1.82, 2.24) is 5.32 Å². The number of phenolic OH excluding ortho intramolecular Hbond substituents is 1. The molecule has 2 N–H and O–H groups in total. The maximum absolute atomic E-state index is 13.3. The van der Waals surface area contributed by atoms with Crippen LogP contribution in [-0.4, -0.2) is 5.11 Å². The Kier molecular flexibility index (Phi) is 4.78. The standard InChI is InChI=1S/C16H17BrFNO/c1-10(12-3-5-13(17)6-4-12)19-11(2)15-9-14(18)7-8-16(15)20/h3-11,19-20H,1-2H3. The molecule has 0 radical (unpaired) electrons. The largest absolute Gasteiger partial charge is 0.508 e. The number of hydrogen-bond donors (Lipinski definition) is 2. The van der Waals surface area contributed by atoms with E-state index in [-0.39, 0.29) is 23.7 Å². The van der Waals surface area contributed by atoms with Gasteiger partial charge in [0.1, 0.15) is 11.6 Å². The van der Waals surface area contributed by atoms with Crippen LogP contribution < -0.4 is 5.32 Å². The van der Waals surface area contributed by atoms with Gasteiger partial charge in [-0.15, -0.1) is 0 Å². The molecule has 2 nitrogen and oxygen atoms in total. The molecule has 2 aromatic rings. The minimum absolute atomic E-state index is 0.0979. The van der Waals surface area contributed by atoms with Gasteiger partial charge in [0.2, 0.25) is 0 Å². The summed E-state index contributed by atoms with van der Waals surface area (Å²) in [5.41, 5.74) is 1.70. The third-order valence-electron chi connectivity index (χ3n) is 3.33. The third-order valence-corrected chi connectivity index (χ3v) is 3.85. The molecule has 0 saturated heterocycles. The van der Waals surface area contributed by atoms with Crippen molar-refractivity contribution in [2.75, 3.05) is 0 Å². The van der Waals surface area contributed by atoms with Gasteiger partial charge in [-0.2, -0.15) is 0 Å². The van der Waals surface area contributed by atoms with Crippen LogP contribution in [0.1, 0.15) is 37.1 Å². The van der Waals surface area contributed by atoms with Crippen molar-refractivity contribution < 1.29 is 9.50 Å². The Morgan fingerprint density at radius 2 is 1.70 bits per heavy atom. The molecule has 2 aromatic carbocycles. The van der Waals surface area contributed by atoms with Crippen molar-refractivity contribution in [3.8, 4) is 5.75 Å². The molecule has 0 heterocycles. The molecule has 106 valence electrons. The first kappa shape index (κ1) is 15.0. The van der Waals surface area contributed by atoms with E-state index >= 15 is 0 Å². The van der Waals surface area contributed by atoms with E-state index < -0.39 is 0 Å². The molecule has 0 amide bonds. The van der Waals surface area contributed by atoms with Crippen molar-refractivity contribution in [2.45, 2.75) is 25.9 Å². The predicted molar refractivity (Wildman–Crippen MR) is 82.2 cm³/mol. The molecule has 2 unspecified atom stereocenters. The lowest BCUT2D eigenvalue weighted by Crippen LogP contribution is -2.22. The number of hydrogen-bond acceptors (Lipinski definition) is 2. The molecule has 0 aliphatic rings. The number of nitrogens with one attached hydrogen (secondary N) is 1. The molecule has 2 rings (SSSR count). The SMILES string of the molecule is CC(NC(C)c1cc(F)ccc1O)c1ccc(Br)cc1. The van der Waals surface area contributed by atoms with Crippen molar-refractivity contribution in [3.05, 3.63) is 63.9 Å². The Morgan fingerprint density at radius 3 is 2.35 bits per heavy atom. The number of rotatable bonds is 4. The van der Waals surface area contributed by atoms with Crippen LogP contribution in [0, 0.1) is 5.82 Å². The zero-order chi connectivity index (χ0) is 14.7. The van der Waals surface area contributed by atoms with E-state index in [1.165, 1.54) is 18.2 Å². The van der Waals surface area contributed by atoms with Gasteiger partial charge in [0, 0.05) is 22.1 Å². The van der Waals surface area contributed by atoms with E-state index in [1.54, 1.807) is 0 Å². The second-order valence-electron chi connectivity index (χ2n) is 4.86. The van der Waals surface area contributed by atoms with Gasteiger partial charge in [-0.25, -0.2) is 4.39 Å². The van der Waals surface area contributed by atoms with Crippen molar-refractivity contribution in [1.29, 1.82) is 0 Å². The number of phenols is 1. The van der Waals surface area contributed by atoms with Crippen LogP contribution in [-0.2, 0) is 0 Å². The highest BCUT2D eigenvalue weighted by Gasteiger charge is 2.14. The van der Waals surface area contributed by atoms with Gasteiger partial charge in [0.25, 0.3) is 0 Å². The lowest BCUT2D eigenvalue weighted by Gasteiger charge is -2.21. The van der Waals surface area contributed by atoms with Crippen LogP contribution >= 0.6 is 15.9 Å². The van der Waals surface area contributed by atoms with E-state index in [4.69, 9.17) is 0 Å². The van der Waals surface area contributed by atoms with Crippen molar-refractivity contribution >= 4 is 15.9 Å². The summed E-state index contributed by atoms with van der Waals surface area (Å²) in [7, 11) is 0. The van der Waals surface area contributed by atoms with Gasteiger partial charge >= 0.3 is 0 Å². The Balaban J connectivity index is 2.12. The molecule has 0 aromatic heterocycles. The van der Waals surface area contributed by atoms with E-state index in [2.05, 4.69) is 21.2 Å². The van der Waals surface area contributed by atoms with E-state index in [0.717, 1.165) is 10.0 Å². The minimum atomic E-state index is -0.345. The molecule has 4 heteroatoms. The Bertz CT molecular complexity index is 586. The topological polar surface area (TPSA) is 32.3 Å². The molecule has 2 atom stereocenters. The lowest BCUT2D eigenvalue weighted by atomic mass is 10.0. The van der Waals surface area contributed by atoms with Crippen molar-refractivity contribution in [3.63, 3.8) is 0 Å². The average molecular weight is 338 g/mol. The fourth-order valence-electron chi connectivity index (χ4n) is 2.18. The molecule has 20 heavy (non-hydrogen) atoms. The van der Waals surface area contributed by atoms with E-state index in [9.17, 15) is 9.50 Å². The summed E-state index contributed by atoms with van der Waals surface area (Å²) in [5.74, 6) is -0.239. The summed E-state index contributed by atoms with van der Waals surface area (Å²) in [4.78, 5) is 0. The molecular formula is C16H17BrFNO. The van der Waals surface area contributed by atoms with Crippen LogP contribution in [0.15, 0.2) is 46.9 Å². The van der Waals surface area contributed by atoms with Crippen molar-refractivity contribution in [2.24, 2.45) is 0 Å². The third kappa shape index (κ3) is 3.58. The first-order valence-corrected chi connectivity index (χ1v) is 7.26. The van der Waals surface area contributed by atoms with Crippen LogP contribution in [0.5, 0.6) is 5.75 Å². The minimum Gasteiger partial charge on any atom is -0.508 e. The summed E-state index contributed by atoms with van der Waals surface area (Å²) in [6.45, 7) is 3.94. The zero-order valence-electron chi connectivity index (χ0n) is 11.4. The van der Waals surface area contributed by atoms with Gasteiger partial charge in [0.05, 0.1) is 0 Å². The van der Waals surface area contributed by atoms with E-state index in [0.29, 0.717) is 5.56 Å². The highest BCUT2D eigenvalue weighted by molar-refractivity contribution is 9.10. The number of halogens is 2. The second kappa shape index (κ2) is 6.37. The van der Waals surface area contributed by atoms with Crippen LogP contribution in [0.4, 0.5) is 4.39 Å². The summed E-state index contributed by atoms with van der Waals surface area (Å²) in [6.07, 6.45) is 0. The van der Waals surface area contributed by atoms with Crippen LogP contribution in [0.3, 0.4) is 0 Å². The maximum Gasteiger partial charge on any atom is 0.123 e. The highest BCUT2D eigenvalue weighted by Crippen LogP contribution is 2.27. The summed E-state index contributed by atoms with van der Waals surface area (Å²) >= 11 is 3.40. The molecule has 0 spiro atoms. The molecule has 0 aliphatic heterocycles. The lowest BCUT2D eigenvalue weighted by molar-refractivity contribution is 0.435. The van der Waals surface area contributed by atoms with Crippen LogP contribution in [0.2, 0.25) is 0 Å². The fraction of sp³-hybridized carbons (Fsp3) is 0.250. The smallest absolute Gasteiger partial charge is 0.123 e. The predicted octanol–water partition coefficient (Wildman–Crippen LogP) is 4.71. The Hall–Kier alpha value is -1.39. The normalized spacial score (nSPS) is 14.0. The van der Waals surface area contributed by atoms with Crippen LogP contribution in [0.25, 0.3) is 0 Å². The number of benzene rings is 2. The highest BCUT2D eigenvalue weighted by atomic mass is 79.9. The molecule has 0 saturated carbocycles. The quantitative estimate of drug-likeness (QED) is 0.847. The number of aromatic hydroxyl groups is 1. The van der Waals surface area contributed by atoms with Gasteiger partial charge in [-0.05, 0) is 49.7 Å². The molecule has 0 fully saturated rings. The molecule has 0 aliphatic carbocycles. The fourth-order valence-corrected chi connectivity index (χ4v) is 2.45. The first-order valence-electron chi connectivity index (χ1n) is 6.47. The Morgan fingerprint density at radius 1 is 1.05 bits per heavy atom. The van der Waals surface area contributed by atoms with Gasteiger partial charge < -0.3 is 10.4 Å². The van der Waals surface area contributed by atoms with Gasteiger partial charge in [0.15, 0.2) is 0 Å².